The van der Waals surface area contributed by atoms with Crippen LogP contribution < -0.4 is 4.74 Å². The van der Waals surface area contributed by atoms with Crippen molar-refractivity contribution in [2.24, 2.45) is 0 Å². The van der Waals surface area contributed by atoms with E-state index in [9.17, 15) is 13.6 Å². The number of hydrogen-bond donors (Lipinski definition) is 0. The molecule has 6 heteroatoms. The molecule has 0 radical (unpaired) electrons. The summed E-state index contributed by atoms with van der Waals surface area (Å²) in [6.07, 6.45) is 0. The molecule has 0 aliphatic carbocycles. The minimum Gasteiger partial charge on any atom is -0.481 e. The van der Waals surface area contributed by atoms with E-state index in [1.54, 1.807) is 19.2 Å². The molecule has 2 aromatic carbocycles. The summed E-state index contributed by atoms with van der Waals surface area (Å²) in [5.41, 5.74) is 0.915. The highest BCUT2D eigenvalue weighted by Gasteiger charge is 2.18. The Hall–Kier alpha value is -2.14. The molecule has 3 nitrogen and oxygen atoms in total. The van der Waals surface area contributed by atoms with Gasteiger partial charge in [-0.1, -0.05) is 23.7 Å². The van der Waals surface area contributed by atoms with E-state index in [4.69, 9.17) is 16.3 Å². The Balaban J connectivity index is 1.98. The molecule has 122 valence electrons. The Bertz CT molecular complexity index is 691. The molecule has 0 spiro atoms. The SMILES string of the molecule is CC(c1ccc(Cl)cc1)N(C)C(=O)COc1ccc(F)cc1F. The van der Waals surface area contributed by atoms with E-state index in [-0.39, 0.29) is 24.3 Å². The Morgan fingerprint density at radius 1 is 1.22 bits per heavy atom. The van der Waals surface area contributed by atoms with Gasteiger partial charge in [0.25, 0.3) is 5.91 Å². The number of rotatable bonds is 5. The first-order chi connectivity index (χ1) is 10.9. The van der Waals surface area contributed by atoms with Crippen LogP contribution in [0.5, 0.6) is 5.75 Å². The Morgan fingerprint density at radius 3 is 2.48 bits per heavy atom. The zero-order valence-corrected chi connectivity index (χ0v) is 13.5. The first-order valence-corrected chi connectivity index (χ1v) is 7.35. The van der Waals surface area contributed by atoms with Crippen molar-refractivity contribution in [3.05, 3.63) is 64.7 Å². The topological polar surface area (TPSA) is 29.5 Å². The summed E-state index contributed by atoms with van der Waals surface area (Å²) in [7, 11) is 1.63. The van der Waals surface area contributed by atoms with E-state index in [2.05, 4.69) is 0 Å². The largest absolute Gasteiger partial charge is 0.481 e. The lowest BCUT2D eigenvalue weighted by atomic mass is 10.1. The molecule has 1 unspecified atom stereocenters. The molecule has 0 aliphatic rings. The molecule has 0 heterocycles. The molecule has 1 atom stereocenters. The maximum atomic E-state index is 13.5. The van der Waals surface area contributed by atoms with Gasteiger partial charge in [-0.2, -0.15) is 0 Å². The van der Waals surface area contributed by atoms with Gasteiger partial charge in [0.1, 0.15) is 5.82 Å². The van der Waals surface area contributed by atoms with Crippen molar-refractivity contribution >= 4 is 17.5 Å². The lowest BCUT2D eigenvalue weighted by Crippen LogP contribution is -2.33. The molecule has 0 N–H and O–H groups in total. The Labute approximate surface area is 138 Å². The second kappa shape index (κ2) is 7.42. The fraction of sp³-hybridized carbons (Fsp3) is 0.235. The third-order valence-corrected chi connectivity index (χ3v) is 3.82. The summed E-state index contributed by atoms with van der Waals surface area (Å²) >= 11 is 5.84. The summed E-state index contributed by atoms with van der Waals surface area (Å²) in [5.74, 6) is -2.02. The van der Waals surface area contributed by atoms with Gasteiger partial charge in [-0.3, -0.25) is 4.79 Å². The first kappa shape index (κ1) is 17.2. The molecule has 0 aromatic heterocycles. The number of carbonyl (C=O) groups excluding carboxylic acids is 1. The maximum Gasteiger partial charge on any atom is 0.260 e. The zero-order chi connectivity index (χ0) is 17.0. The fourth-order valence-electron chi connectivity index (χ4n) is 2.01. The minimum atomic E-state index is -0.841. The fourth-order valence-corrected chi connectivity index (χ4v) is 2.14. The van der Waals surface area contributed by atoms with Gasteiger partial charge in [-0.05, 0) is 36.8 Å². The quantitative estimate of drug-likeness (QED) is 0.816. The summed E-state index contributed by atoms with van der Waals surface area (Å²) in [5, 5.41) is 0.616. The van der Waals surface area contributed by atoms with Crippen LogP contribution in [-0.4, -0.2) is 24.5 Å². The van der Waals surface area contributed by atoms with Crippen molar-refractivity contribution in [1.29, 1.82) is 0 Å². The second-order valence-electron chi connectivity index (χ2n) is 5.10. The molecule has 0 saturated carbocycles. The molecular formula is C17H16ClF2NO2. The van der Waals surface area contributed by atoms with Crippen LogP contribution in [-0.2, 0) is 4.79 Å². The molecule has 0 saturated heterocycles. The van der Waals surface area contributed by atoms with Crippen LogP contribution in [0.4, 0.5) is 8.78 Å². The Morgan fingerprint density at radius 2 is 1.87 bits per heavy atom. The van der Waals surface area contributed by atoms with Gasteiger partial charge in [-0.25, -0.2) is 8.78 Å². The summed E-state index contributed by atoms with van der Waals surface area (Å²) in [6.45, 7) is 1.52. The van der Waals surface area contributed by atoms with Crippen molar-refractivity contribution in [2.75, 3.05) is 13.7 Å². The number of hydrogen-bond acceptors (Lipinski definition) is 2. The van der Waals surface area contributed by atoms with Crippen molar-refractivity contribution in [2.45, 2.75) is 13.0 Å². The molecular weight excluding hydrogens is 324 g/mol. The van der Waals surface area contributed by atoms with Crippen molar-refractivity contribution in [3.63, 3.8) is 0 Å². The number of halogens is 3. The molecule has 1 amide bonds. The molecule has 23 heavy (non-hydrogen) atoms. The number of carbonyl (C=O) groups is 1. The van der Waals surface area contributed by atoms with Crippen molar-refractivity contribution in [3.8, 4) is 5.75 Å². The standard InChI is InChI=1S/C17H16ClF2NO2/c1-11(12-3-5-13(18)6-4-12)21(2)17(22)10-23-16-8-7-14(19)9-15(16)20/h3-9,11H,10H2,1-2H3. The lowest BCUT2D eigenvalue weighted by Gasteiger charge is -2.25. The number of likely N-dealkylation sites (N-methyl/N-ethyl adjacent to an activating group) is 1. The van der Waals surface area contributed by atoms with E-state index in [1.165, 1.54) is 4.90 Å². The number of nitrogens with zero attached hydrogens (tertiary/aromatic N) is 1. The molecule has 0 fully saturated rings. The van der Waals surface area contributed by atoms with Gasteiger partial charge in [0.2, 0.25) is 0 Å². The number of benzene rings is 2. The normalized spacial score (nSPS) is 11.9. The van der Waals surface area contributed by atoms with Gasteiger partial charge in [0.15, 0.2) is 18.2 Å². The summed E-state index contributed by atoms with van der Waals surface area (Å²) in [6, 6.07) is 9.89. The third-order valence-electron chi connectivity index (χ3n) is 3.57. The van der Waals surface area contributed by atoms with Crippen LogP contribution in [0.15, 0.2) is 42.5 Å². The third kappa shape index (κ3) is 4.42. The summed E-state index contributed by atoms with van der Waals surface area (Å²) < 4.78 is 31.4. The zero-order valence-electron chi connectivity index (χ0n) is 12.7. The second-order valence-corrected chi connectivity index (χ2v) is 5.53. The van der Waals surface area contributed by atoms with Crippen LogP contribution in [0, 0.1) is 11.6 Å². The molecule has 2 rings (SSSR count). The molecule has 0 bridgehead atoms. The highest BCUT2D eigenvalue weighted by Crippen LogP contribution is 2.22. The van der Waals surface area contributed by atoms with Gasteiger partial charge in [0, 0.05) is 18.1 Å². The summed E-state index contributed by atoms with van der Waals surface area (Å²) in [4.78, 5) is 13.6. The first-order valence-electron chi connectivity index (χ1n) is 6.97. The predicted molar refractivity (Wildman–Crippen MR) is 84.5 cm³/mol. The van der Waals surface area contributed by atoms with Crippen molar-refractivity contribution < 1.29 is 18.3 Å². The number of amides is 1. The average Bonchev–Trinajstić information content (AvgIpc) is 2.53. The molecule has 0 aliphatic heterocycles. The highest BCUT2D eigenvalue weighted by atomic mass is 35.5. The highest BCUT2D eigenvalue weighted by molar-refractivity contribution is 6.30. The van der Waals surface area contributed by atoms with Gasteiger partial charge < -0.3 is 9.64 Å². The van der Waals surface area contributed by atoms with Crippen LogP contribution >= 0.6 is 11.6 Å². The number of ether oxygens (including phenoxy) is 1. The van der Waals surface area contributed by atoms with Crippen LogP contribution in [0.3, 0.4) is 0 Å². The van der Waals surface area contributed by atoms with E-state index in [1.807, 2.05) is 19.1 Å². The van der Waals surface area contributed by atoms with Gasteiger partial charge in [0.05, 0.1) is 6.04 Å². The van der Waals surface area contributed by atoms with Gasteiger partial charge in [-0.15, -0.1) is 0 Å². The van der Waals surface area contributed by atoms with Gasteiger partial charge >= 0.3 is 0 Å². The van der Waals surface area contributed by atoms with E-state index >= 15 is 0 Å². The van der Waals surface area contributed by atoms with Crippen molar-refractivity contribution in [1.82, 2.24) is 4.90 Å². The van der Waals surface area contributed by atoms with E-state index < -0.39 is 11.6 Å². The van der Waals surface area contributed by atoms with E-state index in [0.29, 0.717) is 11.1 Å². The maximum absolute atomic E-state index is 13.5. The van der Waals surface area contributed by atoms with Crippen LogP contribution in [0.2, 0.25) is 5.02 Å². The average molecular weight is 340 g/mol. The minimum absolute atomic E-state index is 0.160. The smallest absolute Gasteiger partial charge is 0.260 e. The lowest BCUT2D eigenvalue weighted by molar-refractivity contribution is -0.134. The van der Waals surface area contributed by atoms with E-state index in [0.717, 1.165) is 17.7 Å². The Kier molecular flexibility index (Phi) is 5.55. The van der Waals surface area contributed by atoms with Crippen LogP contribution in [0.1, 0.15) is 18.5 Å². The predicted octanol–water partition coefficient (Wildman–Crippen LogP) is 4.22. The molecule has 2 aromatic rings. The van der Waals surface area contributed by atoms with Crippen LogP contribution in [0.25, 0.3) is 0 Å². The monoisotopic (exact) mass is 339 g/mol.